The SMILES string of the molecule is CC(C)=CCNCc1ccccc1CN1CCOCC1. The van der Waals surface area contributed by atoms with Gasteiger partial charge < -0.3 is 10.1 Å². The van der Waals surface area contributed by atoms with E-state index in [1.54, 1.807) is 0 Å². The Kier molecular flexibility index (Phi) is 6.25. The van der Waals surface area contributed by atoms with E-state index in [4.69, 9.17) is 4.74 Å². The van der Waals surface area contributed by atoms with Crippen LogP contribution in [0.25, 0.3) is 0 Å². The number of rotatable bonds is 6. The van der Waals surface area contributed by atoms with Gasteiger partial charge in [-0.25, -0.2) is 0 Å². The highest BCUT2D eigenvalue weighted by atomic mass is 16.5. The minimum Gasteiger partial charge on any atom is -0.379 e. The van der Waals surface area contributed by atoms with Crippen molar-refractivity contribution in [2.24, 2.45) is 0 Å². The highest BCUT2D eigenvalue weighted by Gasteiger charge is 2.12. The van der Waals surface area contributed by atoms with Crippen LogP contribution in [0.3, 0.4) is 0 Å². The van der Waals surface area contributed by atoms with Crippen LogP contribution in [0.1, 0.15) is 25.0 Å². The average molecular weight is 274 g/mol. The first kappa shape index (κ1) is 15.2. The quantitative estimate of drug-likeness (QED) is 0.637. The van der Waals surface area contributed by atoms with E-state index < -0.39 is 0 Å². The minimum atomic E-state index is 0.862. The van der Waals surface area contributed by atoms with E-state index in [9.17, 15) is 0 Å². The van der Waals surface area contributed by atoms with Crippen molar-refractivity contribution >= 4 is 0 Å². The summed E-state index contributed by atoms with van der Waals surface area (Å²) >= 11 is 0. The Hall–Kier alpha value is -1.16. The predicted octanol–water partition coefficient (Wildman–Crippen LogP) is 2.57. The highest BCUT2D eigenvalue weighted by Crippen LogP contribution is 2.12. The summed E-state index contributed by atoms with van der Waals surface area (Å²) in [5, 5.41) is 3.49. The number of allylic oxidation sites excluding steroid dienone is 1. The monoisotopic (exact) mass is 274 g/mol. The summed E-state index contributed by atoms with van der Waals surface area (Å²) in [6, 6.07) is 8.73. The molecule has 0 bridgehead atoms. The zero-order valence-corrected chi connectivity index (χ0v) is 12.7. The van der Waals surface area contributed by atoms with Crippen LogP contribution < -0.4 is 5.32 Å². The summed E-state index contributed by atoms with van der Waals surface area (Å²) in [7, 11) is 0. The zero-order valence-electron chi connectivity index (χ0n) is 12.7. The van der Waals surface area contributed by atoms with E-state index in [0.29, 0.717) is 0 Å². The van der Waals surface area contributed by atoms with Crippen molar-refractivity contribution in [3.8, 4) is 0 Å². The second kappa shape index (κ2) is 8.20. The molecule has 2 rings (SSSR count). The van der Waals surface area contributed by atoms with Crippen LogP contribution in [0.15, 0.2) is 35.9 Å². The third kappa shape index (κ3) is 5.08. The number of ether oxygens (including phenoxy) is 1. The van der Waals surface area contributed by atoms with E-state index in [1.165, 1.54) is 16.7 Å². The molecular weight excluding hydrogens is 248 g/mol. The van der Waals surface area contributed by atoms with Gasteiger partial charge in [0.25, 0.3) is 0 Å². The van der Waals surface area contributed by atoms with Gasteiger partial charge in [0.15, 0.2) is 0 Å². The van der Waals surface area contributed by atoms with Crippen LogP contribution in [-0.2, 0) is 17.8 Å². The molecule has 0 spiro atoms. The summed E-state index contributed by atoms with van der Waals surface area (Å²) in [6.07, 6.45) is 2.23. The molecule has 1 aliphatic heterocycles. The van der Waals surface area contributed by atoms with E-state index in [-0.39, 0.29) is 0 Å². The molecule has 0 saturated carbocycles. The van der Waals surface area contributed by atoms with Gasteiger partial charge in [0, 0.05) is 32.7 Å². The van der Waals surface area contributed by atoms with Gasteiger partial charge in [0.2, 0.25) is 0 Å². The van der Waals surface area contributed by atoms with Crippen LogP contribution in [-0.4, -0.2) is 37.7 Å². The van der Waals surface area contributed by atoms with Gasteiger partial charge in [0.05, 0.1) is 13.2 Å². The number of hydrogen-bond acceptors (Lipinski definition) is 3. The molecule has 0 aromatic heterocycles. The largest absolute Gasteiger partial charge is 0.379 e. The molecule has 20 heavy (non-hydrogen) atoms. The molecule has 0 unspecified atom stereocenters. The summed E-state index contributed by atoms with van der Waals surface area (Å²) in [6.45, 7) is 11.0. The molecule has 0 aliphatic carbocycles. The fourth-order valence-corrected chi connectivity index (χ4v) is 2.37. The predicted molar refractivity (Wildman–Crippen MR) is 83.7 cm³/mol. The van der Waals surface area contributed by atoms with Gasteiger partial charge in [-0.1, -0.05) is 35.9 Å². The summed E-state index contributed by atoms with van der Waals surface area (Å²) in [4.78, 5) is 2.47. The molecule has 3 nitrogen and oxygen atoms in total. The molecule has 1 heterocycles. The zero-order chi connectivity index (χ0) is 14.2. The molecule has 1 aliphatic rings. The van der Waals surface area contributed by atoms with Crippen molar-refractivity contribution in [3.63, 3.8) is 0 Å². The lowest BCUT2D eigenvalue weighted by atomic mass is 10.1. The smallest absolute Gasteiger partial charge is 0.0594 e. The van der Waals surface area contributed by atoms with Gasteiger partial charge >= 0.3 is 0 Å². The Morgan fingerprint density at radius 2 is 1.90 bits per heavy atom. The Balaban J connectivity index is 1.89. The van der Waals surface area contributed by atoms with E-state index >= 15 is 0 Å². The maximum absolute atomic E-state index is 5.41. The topological polar surface area (TPSA) is 24.5 Å². The lowest BCUT2D eigenvalue weighted by Gasteiger charge is -2.27. The van der Waals surface area contributed by atoms with Crippen LogP contribution in [0.4, 0.5) is 0 Å². The fraction of sp³-hybridized carbons (Fsp3) is 0.529. The minimum absolute atomic E-state index is 0.862. The molecule has 1 aromatic carbocycles. The molecule has 1 fully saturated rings. The van der Waals surface area contributed by atoms with Gasteiger partial charge in [-0.15, -0.1) is 0 Å². The summed E-state index contributed by atoms with van der Waals surface area (Å²) in [5.41, 5.74) is 4.19. The first-order chi connectivity index (χ1) is 9.75. The molecule has 0 atom stereocenters. The third-order valence-electron chi connectivity index (χ3n) is 3.59. The second-order valence-corrected chi connectivity index (χ2v) is 5.57. The lowest BCUT2D eigenvalue weighted by Crippen LogP contribution is -2.36. The van der Waals surface area contributed by atoms with Crippen molar-refractivity contribution in [1.29, 1.82) is 0 Å². The van der Waals surface area contributed by atoms with Crippen molar-refractivity contribution < 1.29 is 4.74 Å². The van der Waals surface area contributed by atoms with Crippen molar-refractivity contribution in [1.82, 2.24) is 10.2 Å². The summed E-state index contributed by atoms with van der Waals surface area (Å²) < 4.78 is 5.41. The second-order valence-electron chi connectivity index (χ2n) is 5.57. The third-order valence-corrected chi connectivity index (χ3v) is 3.59. The number of nitrogens with one attached hydrogen (secondary N) is 1. The molecule has 1 N–H and O–H groups in total. The maximum Gasteiger partial charge on any atom is 0.0594 e. The van der Waals surface area contributed by atoms with Crippen LogP contribution in [0.2, 0.25) is 0 Å². The maximum atomic E-state index is 5.41. The molecule has 0 radical (unpaired) electrons. The molecule has 1 aromatic rings. The van der Waals surface area contributed by atoms with Gasteiger partial charge in [-0.3, -0.25) is 4.90 Å². The van der Waals surface area contributed by atoms with Crippen molar-refractivity contribution in [2.75, 3.05) is 32.8 Å². The van der Waals surface area contributed by atoms with Crippen molar-refractivity contribution in [3.05, 3.63) is 47.0 Å². The fourth-order valence-electron chi connectivity index (χ4n) is 2.37. The number of nitrogens with zero attached hydrogens (tertiary/aromatic N) is 1. The van der Waals surface area contributed by atoms with Gasteiger partial charge in [0.1, 0.15) is 0 Å². The van der Waals surface area contributed by atoms with Crippen LogP contribution >= 0.6 is 0 Å². The average Bonchev–Trinajstić information content (AvgIpc) is 2.46. The lowest BCUT2D eigenvalue weighted by molar-refractivity contribution is 0.0340. The number of hydrogen-bond donors (Lipinski definition) is 1. The number of morpholine rings is 1. The van der Waals surface area contributed by atoms with E-state index in [1.807, 2.05) is 0 Å². The number of benzene rings is 1. The van der Waals surface area contributed by atoms with E-state index in [0.717, 1.165) is 45.9 Å². The highest BCUT2D eigenvalue weighted by molar-refractivity contribution is 5.27. The molecule has 3 heteroatoms. The Morgan fingerprint density at radius 3 is 2.60 bits per heavy atom. The molecule has 0 amide bonds. The Bertz CT molecular complexity index is 432. The Morgan fingerprint density at radius 1 is 1.20 bits per heavy atom. The van der Waals surface area contributed by atoms with Crippen molar-refractivity contribution in [2.45, 2.75) is 26.9 Å². The van der Waals surface area contributed by atoms with Gasteiger partial charge in [-0.2, -0.15) is 0 Å². The standard InChI is InChI=1S/C17H26N2O/c1-15(2)7-8-18-13-16-5-3-4-6-17(16)14-19-9-11-20-12-10-19/h3-7,18H,8-14H2,1-2H3. The van der Waals surface area contributed by atoms with Crippen LogP contribution in [0.5, 0.6) is 0 Å². The summed E-state index contributed by atoms with van der Waals surface area (Å²) in [5.74, 6) is 0. The first-order valence-electron chi connectivity index (χ1n) is 7.46. The van der Waals surface area contributed by atoms with Gasteiger partial charge in [-0.05, 0) is 25.0 Å². The molecular formula is C17H26N2O. The Labute approximate surface area is 122 Å². The normalized spacial score (nSPS) is 16.1. The van der Waals surface area contributed by atoms with Crippen LogP contribution in [0, 0.1) is 0 Å². The molecule has 110 valence electrons. The molecule has 1 saturated heterocycles. The first-order valence-corrected chi connectivity index (χ1v) is 7.46. The van der Waals surface area contributed by atoms with E-state index in [2.05, 4.69) is 54.4 Å².